The Balaban J connectivity index is 2.01. The van der Waals surface area contributed by atoms with Gasteiger partial charge in [-0.05, 0) is 35.7 Å². The van der Waals surface area contributed by atoms with Gasteiger partial charge >= 0.3 is 0 Å². The molecule has 0 fully saturated rings. The molecule has 5 heteroatoms. The molecule has 0 aliphatic heterocycles. The number of hydrogen-bond acceptors (Lipinski definition) is 5. The van der Waals surface area contributed by atoms with Crippen LogP contribution in [0.1, 0.15) is 0 Å². The van der Waals surface area contributed by atoms with E-state index in [1.807, 2.05) is 12.1 Å². The van der Waals surface area contributed by atoms with E-state index in [0.717, 1.165) is 10.8 Å². The number of hydrogen-bond donors (Lipinski definition) is 2. The lowest BCUT2D eigenvalue weighted by molar-refractivity contribution is 0.414. The average molecular weight is 282 g/mol. The quantitative estimate of drug-likeness (QED) is 0.720. The van der Waals surface area contributed by atoms with Crippen molar-refractivity contribution in [3.8, 4) is 23.1 Å². The van der Waals surface area contributed by atoms with Gasteiger partial charge in [-0.3, -0.25) is 0 Å². The predicted molar refractivity (Wildman–Crippen MR) is 80.9 cm³/mol. The molecule has 1 aromatic heterocycles. The number of nitrogens with zero attached hydrogens (tertiary/aromatic N) is 1. The third-order valence-electron chi connectivity index (χ3n) is 3.13. The number of benzene rings is 2. The number of rotatable bonds is 3. The van der Waals surface area contributed by atoms with Gasteiger partial charge in [0, 0.05) is 17.6 Å². The molecule has 2 aromatic carbocycles. The lowest BCUT2D eigenvalue weighted by Gasteiger charge is -2.10. The van der Waals surface area contributed by atoms with E-state index in [1.165, 1.54) is 0 Å². The Hall–Kier alpha value is -2.95. The topological polar surface area (TPSA) is 77.6 Å². The molecule has 0 unspecified atom stereocenters. The van der Waals surface area contributed by atoms with Crippen molar-refractivity contribution >= 4 is 16.5 Å². The first-order valence-corrected chi connectivity index (χ1v) is 6.36. The molecule has 3 rings (SSSR count). The highest BCUT2D eigenvalue weighted by molar-refractivity contribution is 5.88. The van der Waals surface area contributed by atoms with Gasteiger partial charge in [0.05, 0.1) is 12.8 Å². The highest BCUT2D eigenvalue weighted by Crippen LogP contribution is 2.32. The van der Waals surface area contributed by atoms with Crippen molar-refractivity contribution in [2.75, 3.05) is 12.8 Å². The van der Waals surface area contributed by atoms with E-state index in [2.05, 4.69) is 4.98 Å². The van der Waals surface area contributed by atoms with Gasteiger partial charge in [0.15, 0.2) is 0 Å². The fourth-order valence-electron chi connectivity index (χ4n) is 2.10. The summed E-state index contributed by atoms with van der Waals surface area (Å²) in [5, 5.41) is 11.3. The van der Waals surface area contributed by atoms with Crippen molar-refractivity contribution in [3.05, 3.63) is 48.7 Å². The van der Waals surface area contributed by atoms with Gasteiger partial charge in [0.25, 0.3) is 0 Å². The summed E-state index contributed by atoms with van der Waals surface area (Å²) < 4.78 is 10.9. The first-order valence-electron chi connectivity index (χ1n) is 6.36. The second-order valence-electron chi connectivity index (χ2n) is 4.53. The number of pyridine rings is 1. The van der Waals surface area contributed by atoms with Crippen LogP contribution in [-0.2, 0) is 0 Å². The van der Waals surface area contributed by atoms with Crippen LogP contribution in [0.3, 0.4) is 0 Å². The minimum Gasteiger partial charge on any atom is -0.508 e. The molecular formula is C16H14N2O3. The maximum atomic E-state index is 9.61. The number of anilines is 1. The van der Waals surface area contributed by atoms with Crippen molar-refractivity contribution in [2.24, 2.45) is 0 Å². The highest BCUT2D eigenvalue weighted by atomic mass is 16.5. The highest BCUT2D eigenvalue weighted by Gasteiger charge is 2.08. The van der Waals surface area contributed by atoms with Crippen LogP contribution >= 0.6 is 0 Å². The Morgan fingerprint density at radius 1 is 1.10 bits per heavy atom. The first kappa shape index (κ1) is 13.1. The van der Waals surface area contributed by atoms with Crippen LogP contribution in [0.5, 0.6) is 23.1 Å². The fourth-order valence-corrected chi connectivity index (χ4v) is 2.10. The molecule has 21 heavy (non-hydrogen) atoms. The Kier molecular flexibility index (Phi) is 3.23. The average Bonchev–Trinajstić information content (AvgIpc) is 2.48. The van der Waals surface area contributed by atoms with E-state index in [0.29, 0.717) is 23.1 Å². The molecule has 3 aromatic rings. The molecule has 0 atom stereocenters. The molecular weight excluding hydrogens is 268 g/mol. The van der Waals surface area contributed by atoms with Gasteiger partial charge in [-0.15, -0.1) is 0 Å². The molecule has 0 saturated carbocycles. The molecule has 0 spiro atoms. The lowest BCUT2D eigenvalue weighted by Crippen LogP contribution is -1.94. The van der Waals surface area contributed by atoms with Crippen molar-refractivity contribution in [3.63, 3.8) is 0 Å². The monoisotopic (exact) mass is 282 g/mol. The summed E-state index contributed by atoms with van der Waals surface area (Å²) in [5.74, 6) is 1.71. The molecule has 106 valence electrons. The Morgan fingerprint density at radius 2 is 1.95 bits per heavy atom. The number of aromatic hydroxyl groups is 1. The smallest absolute Gasteiger partial charge is 0.227 e. The van der Waals surface area contributed by atoms with Gasteiger partial charge < -0.3 is 20.3 Å². The summed E-state index contributed by atoms with van der Waals surface area (Å²) in [5.41, 5.74) is 6.34. The number of phenols is 1. The number of methoxy groups -OCH3 is 1. The van der Waals surface area contributed by atoms with E-state index in [1.54, 1.807) is 43.6 Å². The van der Waals surface area contributed by atoms with Crippen LogP contribution < -0.4 is 15.2 Å². The zero-order valence-electron chi connectivity index (χ0n) is 11.4. The third kappa shape index (κ3) is 2.53. The standard InChI is InChI=1S/C16H14N2O3/c1-20-15-5-4-12(9-14(15)17)21-16-13-8-11(19)3-2-10(13)6-7-18-16/h2-9,19H,17H2,1H3. The summed E-state index contributed by atoms with van der Waals surface area (Å²) >= 11 is 0. The molecule has 0 amide bonds. The largest absolute Gasteiger partial charge is 0.508 e. The molecule has 5 nitrogen and oxygen atoms in total. The molecule has 0 radical (unpaired) electrons. The van der Waals surface area contributed by atoms with E-state index in [9.17, 15) is 5.11 Å². The molecule has 0 bridgehead atoms. The summed E-state index contributed by atoms with van der Waals surface area (Å²) in [7, 11) is 1.56. The fraction of sp³-hybridized carbons (Fsp3) is 0.0625. The lowest BCUT2D eigenvalue weighted by atomic mass is 10.1. The van der Waals surface area contributed by atoms with Crippen molar-refractivity contribution in [1.29, 1.82) is 0 Å². The normalized spacial score (nSPS) is 10.5. The number of ether oxygens (including phenoxy) is 2. The minimum atomic E-state index is 0.162. The van der Waals surface area contributed by atoms with Crippen LogP contribution in [0, 0.1) is 0 Å². The van der Waals surface area contributed by atoms with Gasteiger partial charge in [-0.2, -0.15) is 0 Å². The Morgan fingerprint density at radius 3 is 2.71 bits per heavy atom. The Labute approximate surface area is 121 Å². The van der Waals surface area contributed by atoms with E-state index < -0.39 is 0 Å². The number of nitrogens with two attached hydrogens (primary N) is 1. The summed E-state index contributed by atoms with van der Waals surface area (Å²) in [4.78, 5) is 4.21. The number of fused-ring (bicyclic) bond motifs is 1. The molecule has 0 saturated heterocycles. The molecule has 0 aliphatic rings. The van der Waals surface area contributed by atoms with E-state index >= 15 is 0 Å². The number of aromatic nitrogens is 1. The maximum absolute atomic E-state index is 9.61. The Bertz CT molecular complexity index is 803. The van der Waals surface area contributed by atoms with Crippen LogP contribution in [0.4, 0.5) is 5.69 Å². The van der Waals surface area contributed by atoms with Crippen LogP contribution in [0.15, 0.2) is 48.7 Å². The van der Waals surface area contributed by atoms with Crippen molar-refractivity contribution in [1.82, 2.24) is 4.98 Å². The second kappa shape index (κ2) is 5.20. The predicted octanol–water partition coefficient (Wildman–Crippen LogP) is 3.32. The van der Waals surface area contributed by atoms with Crippen LogP contribution in [-0.4, -0.2) is 17.2 Å². The summed E-state index contributed by atoms with van der Waals surface area (Å²) in [6, 6.07) is 12.0. The van der Waals surface area contributed by atoms with E-state index in [4.69, 9.17) is 15.2 Å². The second-order valence-corrected chi connectivity index (χ2v) is 4.53. The maximum Gasteiger partial charge on any atom is 0.227 e. The van der Waals surface area contributed by atoms with Gasteiger partial charge in [-0.25, -0.2) is 4.98 Å². The zero-order valence-corrected chi connectivity index (χ0v) is 11.4. The molecule has 0 aliphatic carbocycles. The number of phenolic OH excluding ortho intramolecular Hbond substituents is 1. The van der Waals surface area contributed by atoms with Crippen molar-refractivity contribution < 1.29 is 14.6 Å². The van der Waals surface area contributed by atoms with Gasteiger partial charge in [0.1, 0.15) is 17.2 Å². The van der Waals surface area contributed by atoms with E-state index in [-0.39, 0.29) is 5.75 Å². The SMILES string of the molecule is COc1ccc(Oc2nccc3ccc(O)cc23)cc1N. The van der Waals surface area contributed by atoms with Crippen LogP contribution in [0.25, 0.3) is 10.8 Å². The summed E-state index contributed by atoms with van der Waals surface area (Å²) in [6.07, 6.45) is 1.65. The van der Waals surface area contributed by atoms with Gasteiger partial charge in [-0.1, -0.05) is 6.07 Å². The number of nitrogen functional groups attached to an aromatic ring is 1. The minimum absolute atomic E-state index is 0.162. The first-order chi connectivity index (χ1) is 10.2. The van der Waals surface area contributed by atoms with Crippen LogP contribution in [0.2, 0.25) is 0 Å². The summed E-state index contributed by atoms with van der Waals surface area (Å²) in [6.45, 7) is 0. The zero-order chi connectivity index (χ0) is 14.8. The van der Waals surface area contributed by atoms with Crippen molar-refractivity contribution in [2.45, 2.75) is 0 Å². The van der Waals surface area contributed by atoms with Gasteiger partial charge in [0.2, 0.25) is 5.88 Å². The third-order valence-corrected chi connectivity index (χ3v) is 3.13. The molecule has 1 heterocycles. The molecule has 3 N–H and O–H groups in total.